The minimum atomic E-state index is -4.54. The van der Waals surface area contributed by atoms with Crippen molar-refractivity contribution in [1.29, 1.82) is 0 Å². The van der Waals surface area contributed by atoms with Crippen LogP contribution < -0.4 is 0 Å². The predicted octanol–water partition coefficient (Wildman–Crippen LogP) is 4.24. The Balaban J connectivity index is 1.47. The van der Waals surface area contributed by atoms with Crippen molar-refractivity contribution in [3.05, 3.63) is 41.2 Å². The fourth-order valence-electron chi connectivity index (χ4n) is 4.19. The Morgan fingerprint density at radius 3 is 2.84 bits per heavy atom. The average molecular weight is 435 g/mol. The van der Waals surface area contributed by atoms with E-state index >= 15 is 0 Å². The van der Waals surface area contributed by atoms with E-state index in [1.807, 2.05) is 17.7 Å². The molecule has 0 N–H and O–H groups in total. The lowest BCUT2D eigenvalue weighted by Crippen LogP contribution is -2.39. The molecule has 0 unspecified atom stereocenters. The summed E-state index contributed by atoms with van der Waals surface area (Å²) in [6.07, 6.45) is 1.50. The molecular weight excluding hydrogens is 411 g/mol. The van der Waals surface area contributed by atoms with E-state index < -0.39 is 11.7 Å². The Hall–Kier alpha value is -2.91. The first-order valence-electron chi connectivity index (χ1n) is 10.3. The highest BCUT2D eigenvalue weighted by molar-refractivity contribution is 5.81. The Morgan fingerprint density at radius 1 is 1.32 bits per heavy atom. The van der Waals surface area contributed by atoms with Crippen LogP contribution in [0.15, 0.2) is 23.0 Å². The number of fused-ring (bicyclic) bond motifs is 1. The molecule has 0 aromatic carbocycles. The molecule has 0 bridgehead atoms. The van der Waals surface area contributed by atoms with Crippen LogP contribution in [0.4, 0.5) is 13.2 Å². The molecule has 1 amide bonds. The van der Waals surface area contributed by atoms with Crippen LogP contribution in [-0.4, -0.2) is 43.6 Å². The number of pyridine rings is 1. The molecule has 1 fully saturated rings. The molecule has 0 spiro atoms. The molecule has 10 heteroatoms. The highest BCUT2D eigenvalue weighted by Gasteiger charge is 2.37. The summed E-state index contributed by atoms with van der Waals surface area (Å²) in [7, 11) is 0. The number of rotatable bonds is 5. The van der Waals surface area contributed by atoms with Crippen molar-refractivity contribution >= 4 is 17.0 Å². The lowest BCUT2D eigenvalue weighted by Gasteiger charge is -2.33. The maximum absolute atomic E-state index is 13.6. The summed E-state index contributed by atoms with van der Waals surface area (Å²) in [6, 6.07) is 1.09. The highest BCUT2D eigenvalue weighted by atomic mass is 19.4. The van der Waals surface area contributed by atoms with Gasteiger partial charge in [0, 0.05) is 44.4 Å². The van der Waals surface area contributed by atoms with Gasteiger partial charge in [-0.05, 0) is 39.2 Å². The zero-order valence-corrected chi connectivity index (χ0v) is 17.4. The SMILES string of the molecule is Cc1noc2nc([C@@H]3CCCN(C(=O)CCCn4ccnc4C)C3)cc(C(F)(F)F)c12. The van der Waals surface area contributed by atoms with Crippen LogP contribution >= 0.6 is 0 Å². The number of aromatic nitrogens is 4. The number of hydrogen-bond donors (Lipinski definition) is 0. The Labute approximate surface area is 177 Å². The van der Waals surface area contributed by atoms with E-state index in [-0.39, 0.29) is 28.6 Å². The number of aryl methyl sites for hydroxylation is 3. The molecule has 4 rings (SSSR count). The number of likely N-dealkylation sites (tertiary alicyclic amines) is 1. The highest BCUT2D eigenvalue weighted by Crippen LogP contribution is 2.38. The molecule has 0 radical (unpaired) electrons. The molecule has 166 valence electrons. The largest absolute Gasteiger partial charge is 0.417 e. The molecule has 0 aliphatic carbocycles. The van der Waals surface area contributed by atoms with Crippen molar-refractivity contribution < 1.29 is 22.5 Å². The maximum atomic E-state index is 13.6. The molecule has 1 aliphatic rings. The van der Waals surface area contributed by atoms with Crippen molar-refractivity contribution in [2.45, 2.75) is 58.2 Å². The monoisotopic (exact) mass is 435 g/mol. The number of amides is 1. The second-order valence-electron chi connectivity index (χ2n) is 7.99. The minimum absolute atomic E-state index is 0.00935. The average Bonchev–Trinajstić information content (AvgIpc) is 3.32. The number of carbonyl (C=O) groups excluding carboxylic acids is 1. The normalized spacial score (nSPS) is 17.5. The molecule has 3 aromatic rings. The standard InChI is InChI=1S/C21H24F3N5O2/c1-13-19-16(21(22,23)24)11-17(26-20(19)31-27-13)15-5-3-9-29(12-15)18(30)6-4-8-28-10-7-25-14(28)2/h7,10-11,15H,3-6,8-9,12H2,1-2H3/t15-/m1/s1. The number of imidazole rings is 1. The molecule has 4 heterocycles. The Kier molecular flexibility index (Phi) is 5.72. The van der Waals surface area contributed by atoms with Crippen LogP contribution in [-0.2, 0) is 17.5 Å². The van der Waals surface area contributed by atoms with Crippen molar-refractivity contribution in [1.82, 2.24) is 24.6 Å². The second-order valence-corrected chi connectivity index (χ2v) is 7.99. The van der Waals surface area contributed by atoms with Gasteiger partial charge in [0.1, 0.15) is 5.82 Å². The van der Waals surface area contributed by atoms with Crippen molar-refractivity contribution in [3.8, 4) is 0 Å². The molecular formula is C21H24F3N5O2. The van der Waals surface area contributed by atoms with Crippen LogP contribution in [0.1, 0.15) is 54.4 Å². The number of alkyl halides is 3. The topological polar surface area (TPSA) is 77.0 Å². The molecule has 1 atom stereocenters. The fourth-order valence-corrected chi connectivity index (χ4v) is 4.19. The van der Waals surface area contributed by atoms with E-state index in [0.717, 1.165) is 11.9 Å². The molecule has 1 aliphatic heterocycles. The number of carbonyl (C=O) groups is 1. The van der Waals surface area contributed by atoms with E-state index in [0.29, 0.717) is 51.0 Å². The number of nitrogens with zero attached hydrogens (tertiary/aromatic N) is 5. The van der Waals surface area contributed by atoms with E-state index in [1.54, 1.807) is 11.1 Å². The first-order valence-corrected chi connectivity index (χ1v) is 10.3. The van der Waals surface area contributed by atoms with Crippen LogP contribution in [0.25, 0.3) is 11.1 Å². The van der Waals surface area contributed by atoms with Gasteiger partial charge in [-0.2, -0.15) is 13.2 Å². The summed E-state index contributed by atoms with van der Waals surface area (Å²) < 4.78 is 48.0. The van der Waals surface area contributed by atoms with E-state index in [4.69, 9.17) is 4.52 Å². The van der Waals surface area contributed by atoms with Crippen LogP contribution in [0.3, 0.4) is 0 Å². The summed E-state index contributed by atoms with van der Waals surface area (Å²) in [5, 5.41) is 3.55. The van der Waals surface area contributed by atoms with E-state index in [2.05, 4.69) is 15.1 Å². The number of hydrogen-bond acceptors (Lipinski definition) is 5. The van der Waals surface area contributed by atoms with Crippen molar-refractivity contribution in [2.75, 3.05) is 13.1 Å². The molecule has 31 heavy (non-hydrogen) atoms. The zero-order chi connectivity index (χ0) is 22.2. The predicted molar refractivity (Wildman–Crippen MR) is 106 cm³/mol. The third-order valence-corrected chi connectivity index (χ3v) is 5.85. The van der Waals surface area contributed by atoms with E-state index in [1.165, 1.54) is 6.92 Å². The van der Waals surface area contributed by atoms with Crippen LogP contribution in [0.5, 0.6) is 0 Å². The van der Waals surface area contributed by atoms with Gasteiger partial charge in [0.2, 0.25) is 5.91 Å². The van der Waals surface area contributed by atoms with Gasteiger partial charge < -0.3 is 14.0 Å². The van der Waals surface area contributed by atoms with Gasteiger partial charge in [-0.3, -0.25) is 4.79 Å². The van der Waals surface area contributed by atoms with Crippen LogP contribution in [0.2, 0.25) is 0 Å². The lowest BCUT2D eigenvalue weighted by atomic mass is 9.92. The summed E-state index contributed by atoms with van der Waals surface area (Å²) in [5.74, 6) is 0.634. The second kappa shape index (κ2) is 8.32. The summed E-state index contributed by atoms with van der Waals surface area (Å²) >= 11 is 0. The minimum Gasteiger partial charge on any atom is -0.342 e. The van der Waals surface area contributed by atoms with Crippen molar-refractivity contribution in [2.24, 2.45) is 0 Å². The van der Waals surface area contributed by atoms with Crippen LogP contribution in [0, 0.1) is 13.8 Å². The number of piperidine rings is 1. The molecule has 3 aromatic heterocycles. The van der Waals surface area contributed by atoms with Gasteiger partial charge in [0.25, 0.3) is 5.71 Å². The van der Waals surface area contributed by atoms with Gasteiger partial charge in [-0.1, -0.05) is 5.16 Å². The number of halogens is 3. The smallest absolute Gasteiger partial charge is 0.342 e. The van der Waals surface area contributed by atoms with E-state index in [9.17, 15) is 18.0 Å². The van der Waals surface area contributed by atoms with Gasteiger partial charge in [0.15, 0.2) is 0 Å². The quantitative estimate of drug-likeness (QED) is 0.599. The third kappa shape index (κ3) is 4.42. The summed E-state index contributed by atoms with van der Waals surface area (Å²) in [4.78, 5) is 22.9. The van der Waals surface area contributed by atoms with Gasteiger partial charge in [-0.15, -0.1) is 0 Å². The molecule has 7 nitrogen and oxygen atoms in total. The maximum Gasteiger partial charge on any atom is 0.417 e. The summed E-state index contributed by atoms with van der Waals surface area (Å²) in [5.41, 5.74) is -0.440. The Morgan fingerprint density at radius 2 is 2.13 bits per heavy atom. The van der Waals surface area contributed by atoms with Crippen molar-refractivity contribution in [3.63, 3.8) is 0 Å². The fraction of sp³-hybridized carbons (Fsp3) is 0.524. The first-order chi connectivity index (χ1) is 14.7. The lowest BCUT2D eigenvalue weighted by molar-refractivity contribution is -0.136. The van der Waals surface area contributed by atoms with Gasteiger partial charge >= 0.3 is 6.18 Å². The van der Waals surface area contributed by atoms with Gasteiger partial charge in [-0.25, -0.2) is 9.97 Å². The third-order valence-electron chi connectivity index (χ3n) is 5.85. The molecule has 1 saturated heterocycles. The Bertz CT molecular complexity index is 1090. The van der Waals surface area contributed by atoms with Gasteiger partial charge in [0.05, 0.1) is 22.3 Å². The first kappa shape index (κ1) is 21.3. The molecule has 0 saturated carbocycles. The zero-order valence-electron chi connectivity index (χ0n) is 17.4. The summed E-state index contributed by atoms with van der Waals surface area (Å²) in [6.45, 7) is 5.04.